The Morgan fingerprint density at radius 3 is 3.00 bits per heavy atom. The van der Waals surface area contributed by atoms with Gasteiger partial charge in [-0.05, 0) is 45.5 Å². The molecule has 1 atom stereocenters. The number of rotatable bonds is 5. The number of halogens is 1. The first-order valence-electron chi connectivity index (χ1n) is 5.03. The van der Waals surface area contributed by atoms with E-state index in [1.54, 1.807) is 11.3 Å². The minimum Gasteiger partial charge on any atom is -0.309 e. The van der Waals surface area contributed by atoms with Gasteiger partial charge in [0, 0.05) is 21.8 Å². The van der Waals surface area contributed by atoms with Crippen molar-refractivity contribution in [1.82, 2.24) is 14.9 Å². The van der Waals surface area contributed by atoms with Crippen LogP contribution >= 0.6 is 38.8 Å². The molecule has 0 amide bonds. The topological polar surface area (TPSA) is 37.8 Å². The predicted octanol–water partition coefficient (Wildman–Crippen LogP) is 3.26. The van der Waals surface area contributed by atoms with Crippen LogP contribution in [0.4, 0.5) is 0 Å². The van der Waals surface area contributed by atoms with Gasteiger partial charge in [-0.1, -0.05) is 11.4 Å². The van der Waals surface area contributed by atoms with Crippen molar-refractivity contribution in [3.05, 3.63) is 31.9 Å². The van der Waals surface area contributed by atoms with Crippen LogP contribution in [0.1, 0.15) is 22.7 Å². The highest BCUT2D eigenvalue weighted by Gasteiger charge is 2.15. The molecule has 2 rings (SSSR count). The normalized spacial score (nSPS) is 12.9. The van der Waals surface area contributed by atoms with Crippen LogP contribution in [0.15, 0.2) is 22.1 Å². The van der Waals surface area contributed by atoms with Crippen LogP contribution in [0.25, 0.3) is 0 Å². The summed E-state index contributed by atoms with van der Waals surface area (Å²) >= 11 is 6.81. The standard InChI is InChI=1S/C10H12BrN3S2/c1-2-12-8(10-6-13-14-16-10)5-9-7(11)3-4-15-9/h3-4,6,8,12H,2,5H2,1H3. The molecular formula is C10H12BrN3S2. The molecule has 0 aliphatic carbocycles. The molecule has 2 heterocycles. The Balaban J connectivity index is 2.12. The largest absolute Gasteiger partial charge is 0.309 e. The maximum Gasteiger partial charge on any atom is 0.0669 e. The fourth-order valence-corrected chi connectivity index (χ4v) is 3.64. The lowest BCUT2D eigenvalue weighted by atomic mass is 10.1. The second kappa shape index (κ2) is 5.86. The Morgan fingerprint density at radius 1 is 1.56 bits per heavy atom. The quantitative estimate of drug-likeness (QED) is 0.919. The van der Waals surface area contributed by atoms with Crippen LogP contribution in [-0.4, -0.2) is 16.1 Å². The van der Waals surface area contributed by atoms with E-state index in [9.17, 15) is 0 Å². The summed E-state index contributed by atoms with van der Waals surface area (Å²) in [6.07, 6.45) is 2.83. The van der Waals surface area contributed by atoms with Crippen molar-refractivity contribution >= 4 is 38.8 Å². The summed E-state index contributed by atoms with van der Waals surface area (Å²) in [6, 6.07) is 2.41. The summed E-state index contributed by atoms with van der Waals surface area (Å²) in [5.41, 5.74) is 0. The molecule has 1 unspecified atom stereocenters. The average molecular weight is 318 g/mol. The Bertz CT molecular complexity index is 427. The number of hydrogen-bond acceptors (Lipinski definition) is 5. The van der Waals surface area contributed by atoms with Crippen molar-refractivity contribution in [3.63, 3.8) is 0 Å². The number of thiophene rings is 1. The van der Waals surface area contributed by atoms with Crippen molar-refractivity contribution in [3.8, 4) is 0 Å². The lowest BCUT2D eigenvalue weighted by Crippen LogP contribution is -2.21. The molecule has 1 N–H and O–H groups in total. The van der Waals surface area contributed by atoms with Crippen LogP contribution in [0.5, 0.6) is 0 Å². The van der Waals surface area contributed by atoms with Crippen molar-refractivity contribution in [2.24, 2.45) is 0 Å². The number of aromatic nitrogens is 2. The molecule has 0 bridgehead atoms. The smallest absolute Gasteiger partial charge is 0.0669 e. The molecule has 0 aliphatic heterocycles. The number of hydrogen-bond donors (Lipinski definition) is 1. The van der Waals surface area contributed by atoms with Crippen LogP contribution in [-0.2, 0) is 6.42 Å². The van der Waals surface area contributed by atoms with E-state index in [1.165, 1.54) is 25.8 Å². The summed E-state index contributed by atoms with van der Waals surface area (Å²) < 4.78 is 5.11. The first kappa shape index (κ1) is 12.2. The van der Waals surface area contributed by atoms with Gasteiger partial charge in [-0.2, -0.15) is 0 Å². The highest BCUT2D eigenvalue weighted by Crippen LogP contribution is 2.28. The minimum absolute atomic E-state index is 0.319. The Hall–Kier alpha value is -0.300. The molecule has 2 aromatic rings. The molecule has 2 aromatic heterocycles. The van der Waals surface area contributed by atoms with Gasteiger partial charge in [0.15, 0.2) is 0 Å². The summed E-state index contributed by atoms with van der Waals surface area (Å²) in [6.45, 7) is 3.07. The minimum atomic E-state index is 0.319. The van der Waals surface area contributed by atoms with Gasteiger partial charge in [0.25, 0.3) is 0 Å². The summed E-state index contributed by atoms with van der Waals surface area (Å²) in [5.74, 6) is 0. The van der Waals surface area contributed by atoms with Gasteiger partial charge >= 0.3 is 0 Å². The first-order valence-corrected chi connectivity index (χ1v) is 7.48. The van der Waals surface area contributed by atoms with Gasteiger partial charge in [-0.25, -0.2) is 0 Å². The highest BCUT2D eigenvalue weighted by atomic mass is 79.9. The third-order valence-corrected chi connectivity index (χ3v) is 4.98. The van der Waals surface area contributed by atoms with Crippen LogP contribution < -0.4 is 5.32 Å². The second-order valence-electron chi connectivity index (χ2n) is 3.33. The van der Waals surface area contributed by atoms with Gasteiger partial charge in [-0.15, -0.1) is 16.4 Å². The molecule has 0 fully saturated rings. The second-order valence-corrected chi connectivity index (χ2v) is 6.00. The van der Waals surface area contributed by atoms with E-state index in [2.05, 4.69) is 49.2 Å². The van der Waals surface area contributed by atoms with E-state index in [4.69, 9.17) is 0 Å². The zero-order valence-electron chi connectivity index (χ0n) is 8.81. The summed E-state index contributed by atoms with van der Waals surface area (Å²) in [4.78, 5) is 2.56. The van der Waals surface area contributed by atoms with Gasteiger partial charge < -0.3 is 5.32 Å². The van der Waals surface area contributed by atoms with E-state index >= 15 is 0 Å². The van der Waals surface area contributed by atoms with E-state index in [0.717, 1.165) is 13.0 Å². The number of nitrogens with one attached hydrogen (secondary N) is 1. The highest BCUT2D eigenvalue weighted by molar-refractivity contribution is 9.10. The third-order valence-electron chi connectivity index (χ3n) is 2.25. The van der Waals surface area contributed by atoms with Crippen LogP contribution in [0.2, 0.25) is 0 Å². The fraction of sp³-hybridized carbons (Fsp3) is 0.400. The zero-order chi connectivity index (χ0) is 11.4. The molecule has 0 aliphatic rings. The lowest BCUT2D eigenvalue weighted by Gasteiger charge is -2.14. The predicted molar refractivity (Wildman–Crippen MR) is 72.0 cm³/mol. The molecule has 0 radical (unpaired) electrons. The van der Waals surface area contributed by atoms with Gasteiger partial charge in [0.2, 0.25) is 0 Å². The SMILES string of the molecule is CCNC(Cc1sccc1Br)c1cnns1. The number of nitrogens with zero attached hydrogens (tertiary/aromatic N) is 2. The van der Waals surface area contributed by atoms with Crippen molar-refractivity contribution < 1.29 is 0 Å². The van der Waals surface area contributed by atoms with Gasteiger partial charge in [0.05, 0.1) is 11.1 Å². The zero-order valence-corrected chi connectivity index (χ0v) is 12.0. The van der Waals surface area contributed by atoms with E-state index in [0.29, 0.717) is 6.04 Å². The Kier molecular flexibility index (Phi) is 4.45. The Morgan fingerprint density at radius 2 is 2.44 bits per heavy atom. The fourth-order valence-electron chi connectivity index (χ4n) is 1.50. The van der Waals surface area contributed by atoms with Crippen LogP contribution in [0, 0.1) is 0 Å². The van der Waals surface area contributed by atoms with Crippen molar-refractivity contribution in [2.75, 3.05) is 6.54 Å². The first-order chi connectivity index (χ1) is 7.81. The lowest BCUT2D eigenvalue weighted by molar-refractivity contribution is 0.560. The average Bonchev–Trinajstić information content (AvgIpc) is 2.90. The Labute approximate surface area is 111 Å². The third kappa shape index (κ3) is 2.88. The van der Waals surface area contributed by atoms with Gasteiger partial charge in [-0.3, -0.25) is 0 Å². The molecule has 0 saturated heterocycles. The van der Waals surface area contributed by atoms with Gasteiger partial charge in [0.1, 0.15) is 0 Å². The molecule has 16 heavy (non-hydrogen) atoms. The summed E-state index contributed by atoms with van der Waals surface area (Å²) in [7, 11) is 0. The van der Waals surface area contributed by atoms with E-state index in [-0.39, 0.29) is 0 Å². The molecule has 6 heteroatoms. The maximum atomic E-state index is 3.92. The molecule has 86 valence electrons. The molecule has 0 aromatic carbocycles. The molecule has 0 spiro atoms. The van der Waals surface area contributed by atoms with Crippen molar-refractivity contribution in [2.45, 2.75) is 19.4 Å². The van der Waals surface area contributed by atoms with E-state index < -0.39 is 0 Å². The molecule has 0 saturated carbocycles. The van der Waals surface area contributed by atoms with Crippen molar-refractivity contribution in [1.29, 1.82) is 0 Å². The summed E-state index contributed by atoms with van der Waals surface area (Å²) in [5, 5.41) is 9.47. The monoisotopic (exact) mass is 317 g/mol. The maximum absolute atomic E-state index is 3.92. The molecule has 3 nitrogen and oxygen atoms in total. The van der Waals surface area contributed by atoms with E-state index in [1.807, 2.05) is 6.20 Å². The molecular weight excluding hydrogens is 306 g/mol. The number of likely N-dealkylation sites (N-methyl/N-ethyl adjacent to an activating group) is 1. The van der Waals surface area contributed by atoms with Crippen LogP contribution in [0.3, 0.4) is 0 Å².